The van der Waals surface area contributed by atoms with Gasteiger partial charge in [0.15, 0.2) is 7.28 Å². The van der Waals surface area contributed by atoms with Gasteiger partial charge in [-0.1, -0.05) is 12.9 Å². The first-order valence-corrected chi connectivity index (χ1v) is 7.47. The van der Waals surface area contributed by atoms with Gasteiger partial charge in [-0.25, -0.2) is 4.79 Å². The van der Waals surface area contributed by atoms with Crippen molar-refractivity contribution in [2.75, 3.05) is 27.9 Å². The predicted octanol–water partition coefficient (Wildman–Crippen LogP) is 1.77. The van der Waals surface area contributed by atoms with E-state index in [4.69, 9.17) is 9.47 Å². The predicted molar refractivity (Wildman–Crippen MR) is 90.4 cm³/mol. The van der Waals surface area contributed by atoms with Gasteiger partial charge in [0.05, 0.1) is 33.4 Å². The van der Waals surface area contributed by atoms with Crippen LogP contribution in [0.5, 0.6) is 0 Å². The molecule has 1 rings (SSSR count). The van der Waals surface area contributed by atoms with Gasteiger partial charge in [-0.2, -0.15) is 0 Å². The van der Waals surface area contributed by atoms with Crippen LogP contribution < -0.4 is 0 Å². The van der Waals surface area contributed by atoms with Gasteiger partial charge in [0.2, 0.25) is 0 Å². The molecule has 0 aliphatic heterocycles. The van der Waals surface area contributed by atoms with Crippen LogP contribution in [0, 0.1) is 0 Å². The van der Waals surface area contributed by atoms with Crippen LogP contribution in [0.2, 0.25) is 6.82 Å². The molecule has 7 heteroatoms. The Balaban J connectivity index is 2.93. The zero-order valence-electron chi connectivity index (χ0n) is 14.4. The lowest BCUT2D eigenvalue weighted by molar-refractivity contribution is -0.141. The highest BCUT2D eigenvalue weighted by Gasteiger charge is 2.15. The summed E-state index contributed by atoms with van der Waals surface area (Å²) in [5, 5.41) is 0. The molecule has 0 saturated carbocycles. The van der Waals surface area contributed by atoms with Crippen molar-refractivity contribution in [2.24, 2.45) is 0 Å². The fourth-order valence-corrected chi connectivity index (χ4v) is 1.96. The summed E-state index contributed by atoms with van der Waals surface area (Å²) in [5.41, 5.74) is 1.60. The fraction of sp³-hybridized carbons (Fsp3) is 0.412. The summed E-state index contributed by atoms with van der Waals surface area (Å²) in [6, 6.07) is 0. The summed E-state index contributed by atoms with van der Waals surface area (Å²) in [4.78, 5) is 22.5. The maximum absolute atomic E-state index is 11.3. The molecule has 1 aliphatic carbocycles. The SMILES string of the molecule is C[B]C1=CC(/C=C/C(=O)OC)=CC(OC)C=C1OCCC(=O)OC. The number of esters is 2. The second-order valence-electron chi connectivity index (χ2n) is 4.82. The maximum atomic E-state index is 11.3. The van der Waals surface area contributed by atoms with Crippen molar-refractivity contribution >= 4 is 19.2 Å². The van der Waals surface area contributed by atoms with E-state index < -0.39 is 5.97 Å². The molecule has 0 bridgehead atoms. The van der Waals surface area contributed by atoms with E-state index in [1.165, 1.54) is 20.3 Å². The number of ether oxygens (including phenoxy) is 4. The summed E-state index contributed by atoms with van der Waals surface area (Å²) >= 11 is 0. The fourth-order valence-electron chi connectivity index (χ4n) is 1.96. The largest absolute Gasteiger partial charge is 0.494 e. The van der Waals surface area contributed by atoms with E-state index in [0.717, 1.165) is 11.0 Å². The first-order valence-electron chi connectivity index (χ1n) is 7.47. The number of methoxy groups -OCH3 is 3. The molecule has 1 unspecified atom stereocenters. The van der Waals surface area contributed by atoms with Crippen molar-refractivity contribution in [1.82, 2.24) is 0 Å². The first kappa shape index (κ1) is 19.8. The average Bonchev–Trinajstić information content (AvgIpc) is 2.78. The normalized spacial score (nSPS) is 17.3. The van der Waals surface area contributed by atoms with Crippen LogP contribution in [0.15, 0.2) is 47.2 Å². The molecule has 1 radical (unpaired) electrons. The van der Waals surface area contributed by atoms with Crippen molar-refractivity contribution in [2.45, 2.75) is 19.3 Å². The molecule has 0 N–H and O–H groups in total. The standard InChI is InChI=1S/C17H22BO6/c1-18-14-10-12(5-6-16(19)22-3)9-13(21-2)11-15(14)24-8-7-17(20)23-4/h5-6,9-11,13H,7-8H2,1-4H3/b6-5+. The van der Waals surface area contributed by atoms with Crippen LogP contribution in [-0.4, -0.2) is 53.3 Å². The minimum atomic E-state index is -0.438. The maximum Gasteiger partial charge on any atom is 0.330 e. The van der Waals surface area contributed by atoms with E-state index >= 15 is 0 Å². The zero-order valence-corrected chi connectivity index (χ0v) is 14.4. The Morgan fingerprint density at radius 1 is 1.21 bits per heavy atom. The molecular weight excluding hydrogens is 311 g/mol. The number of carbonyl (C=O) groups is 2. The van der Waals surface area contributed by atoms with Crippen molar-refractivity contribution in [3.63, 3.8) is 0 Å². The summed E-state index contributed by atoms with van der Waals surface area (Å²) in [6.45, 7) is 2.07. The third kappa shape index (κ3) is 6.46. The summed E-state index contributed by atoms with van der Waals surface area (Å²) in [6.07, 6.45) is 8.33. The highest BCUT2D eigenvalue weighted by Crippen LogP contribution is 2.21. The zero-order chi connectivity index (χ0) is 17.9. The van der Waals surface area contributed by atoms with Crippen LogP contribution in [-0.2, 0) is 28.5 Å². The third-order valence-corrected chi connectivity index (χ3v) is 3.27. The van der Waals surface area contributed by atoms with Gasteiger partial charge >= 0.3 is 11.9 Å². The van der Waals surface area contributed by atoms with Gasteiger partial charge in [-0.05, 0) is 29.3 Å². The molecule has 0 amide bonds. The molecule has 6 nitrogen and oxygen atoms in total. The Morgan fingerprint density at radius 2 is 1.96 bits per heavy atom. The summed E-state index contributed by atoms with van der Waals surface area (Å²) < 4.78 is 20.3. The highest BCUT2D eigenvalue weighted by molar-refractivity contribution is 6.45. The number of hydrogen-bond acceptors (Lipinski definition) is 6. The lowest BCUT2D eigenvalue weighted by Gasteiger charge is -2.13. The number of carbonyl (C=O) groups excluding carboxylic acids is 2. The quantitative estimate of drug-likeness (QED) is 0.383. The van der Waals surface area contributed by atoms with Crippen LogP contribution in [0.25, 0.3) is 0 Å². The molecule has 24 heavy (non-hydrogen) atoms. The van der Waals surface area contributed by atoms with Gasteiger partial charge in [0.25, 0.3) is 0 Å². The Bertz CT molecular complexity index is 574. The van der Waals surface area contributed by atoms with E-state index in [1.54, 1.807) is 13.2 Å². The lowest BCUT2D eigenvalue weighted by Crippen LogP contribution is -2.10. The van der Waals surface area contributed by atoms with E-state index in [9.17, 15) is 9.59 Å². The molecule has 0 spiro atoms. The molecule has 0 saturated heterocycles. The Labute approximate surface area is 143 Å². The third-order valence-electron chi connectivity index (χ3n) is 3.27. The smallest absolute Gasteiger partial charge is 0.330 e. The average molecular weight is 333 g/mol. The van der Waals surface area contributed by atoms with E-state index in [1.807, 2.05) is 32.3 Å². The van der Waals surface area contributed by atoms with Crippen molar-refractivity contribution in [1.29, 1.82) is 0 Å². The van der Waals surface area contributed by atoms with Crippen molar-refractivity contribution in [3.05, 3.63) is 47.2 Å². The van der Waals surface area contributed by atoms with Gasteiger partial charge < -0.3 is 18.9 Å². The highest BCUT2D eigenvalue weighted by atomic mass is 16.5. The van der Waals surface area contributed by atoms with Crippen molar-refractivity contribution in [3.8, 4) is 0 Å². The Morgan fingerprint density at radius 3 is 2.54 bits per heavy atom. The molecule has 0 fully saturated rings. The molecule has 0 aromatic rings. The minimum Gasteiger partial charge on any atom is -0.494 e. The lowest BCUT2D eigenvalue weighted by atomic mass is 9.70. The molecule has 129 valence electrons. The number of hydrogen-bond donors (Lipinski definition) is 0. The van der Waals surface area contributed by atoms with Gasteiger partial charge in [-0.15, -0.1) is 0 Å². The summed E-state index contributed by atoms with van der Waals surface area (Å²) in [5.74, 6) is -0.170. The molecular formula is C17H22BO6. The van der Waals surface area contributed by atoms with Gasteiger partial charge in [-0.3, -0.25) is 4.79 Å². The topological polar surface area (TPSA) is 71.1 Å². The van der Waals surface area contributed by atoms with E-state index in [2.05, 4.69) is 9.47 Å². The van der Waals surface area contributed by atoms with Crippen LogP contribution >= 0.6 is 0 Å². The summed E-state index contributed by atoms with van der Waals surface area (Å²) in [7, 11) is 6.11. The second kappa shape index (κ2) is 10.5. The molecule has 0 aromatic carbocycles. The van der Waals surface area contributed by atoms with E-state index in [-0.39, 0.29) is 25.1 Å². The number of rotatable bonds is 8. The van der Waals surface area contributed by atoms with E-state index in [0.29, 0.717) is 5.76 Å². The number of allylic oxidation sites excluding steroid dienone is 4. The Kier molecular flexibility index (Phi) is 8.64. The van der Waals surface area contributed by atoms with Gasteiger partial charge in [0, 0.05) is 13.2 Å². The Hall–Kier alpha value is -2.28. The van der Waals surface area contributed by atoms with Crippen LogP contribution in [0.3, 0.4) is 0 Å². The van der Waals surface area contributed by atoms with Crippen LogP contribution in [0.1, 0.15) is 6.42 Å². The monoisotopic (exact) mass is 333 g/mol. The second-order valence-corrected chi connectivity index (χ2v) is 4.82. The minimum absolute atomic E-state index is 0.158. The van der Waals surface area contributed by atoms with Crippen molar-refractivity contribution < 1.29 is 28.5 Å². The molecule has 1 aliphatic rings. The molecule has 1 atom stereocenters. The van der Waals surface area contributed by atoms with Crippen LogP contribution in [0.4, 0.5) is 0 Å². The van der Waals surface area contributed by atoms with Gasteiger partial charge in [0.1, 0.15) is 5.76 Å². The molecule has 0 aromatic heterocycles. The first-order chi connectivity index (χ1) is 11.5. The molecule has 0 heterocycles.